The lowest BCUT2D eigenvalue weighted by molar-refractivity contribution is -0.116. The number of thioether (sulfide) groups is 1. The second kappa shape index (κ2) is 6.49. The molecule has 1 aromatic heterocycles. The summed E-state index contributed by atoms with van der Waals surface area (Å²) in [5, 5.41) is 3.56. The second-order valence-electron chi connectivity index (χ2n) is 4.95. The molecule has 2 aromatic rings. The molecule has 0 bridgehead atoms. The van der Waals surface area contributed by atoms with Gasteiger partial charge in [-0.1, -0.05) is 47.5 Å². The smallest absolute Gasteiger partial charge is 0.257 e. The van der Waals surface area contributed by atoms with Gasteiger partial charge in [-0.3, -0.25) is 9.59 Å². The van der Waals surface area contributed by atoms with Crippen molar-refractivity contribution in [3.05, 3.63) is 50.8 Å². The van der Waals surface area contributed by atoms with Crippen LogP contribution in [0.15, 0.2) is 34.2 Å². The summed E-state index contributed by atoms with van der Waals surface area (Å²) in [6.45, 7) is 0. The molecular weight excluding hydrogens is 334 g/mol. The second-order valence-corrected chi connectivity index (χ2v) is 6.32. The van der Waals surface area contributed by atoms with Crippen molar-refractivity contribution in [2.75, 3.05) is 11.1 Å². The fourth-order valence-electron chi connectivity index (χ4n) is 2.55. The number of amides is 1. The molecule has 23 heavy (non-hydrogen) atoms. The van der Waals surface area contributed by atoms with Crippen molar-refractivity contribution >= 4 is 35.1 Å². The molecule has 5 nitrogen and oxygen atoms in total. The topological polar surface area (TPSA) is 74.8 Å². The van der Waals surface area contributed by atoms with Gasteiger partial charge in [0.2, 0.25) is 5.91 Å². The Balaban J connectivity index is 2.11. The summed E-state index contributed by atoms with van der Waals surface area (Å²) in [6, 6.07) is 7.18. The third-order valence-electron chi connectivity index (χ3n) is 3.50. The van der Waals surface area contributed by atoms with E-state index in [1.54, 1.807) is 12.1 Å². The summed E-state index contributed by atoms with van der Waals surface area (Å²) in [5.41, 5.74) is 0.865. The third kappa shape index (κ3) is 3.11. The van der Waals surface area contributed by atoms with Gasteiger partial charge >= 0.3 is 0 Å². The van der Waals surface area contributed by atoms with Crippen molar-refractivity contribution in [3.63, 3.8) is 0 Å². The number of carbonyl (C=O) groups excluding carboxylic acids is 1. The maximum absolute atomic E-state index is 12.5. The Hall–Kier alpha value is -2.23. The number of aromatic nitrogens is 2. The number of nitrogens with zero attached hydrogens (tertiary/aromatic N) is 1. The zero-order valence-electron chi connectivity index (χ0n) is 11.9. The fourth-order valence-corrected chi connectivity index (χ4v) is 3.36. The molecule has 1 amide bonds. The van der Waals surface area contributed by atoms with Gasteiger partial charge in [0.25, 0.3) is 5.56 Å². The molecule has 0 aliphatic carbocycles. The first-order valence-corrected chi connectivity index (χ1v) is 8.21. The zero-order valence-corrected chi connectivity index (χ0v) is 13.5. The Morgan fingerprint density at radius 1 is 1.39 bits per heavy atom. The van der Waals surface area contributed by atoms with E-state index in [1.165, 1.54) is 11.8 Å². The minimum absolute atomic E-state index is 0.151. The molecule has 0 radical (unpaired) electrons. The van der Waals surface area contributed by atoms with E-state index in [2.05, 4.69) is 21.2 Å². The summed E-state index contributed by atoms with van der Waals surface area (Å²) >= 11 is 7.46. The highest BCUT2D eigenvalue weighted by Gasteiger charge is 2.31. The maximum atomic E-state index is 12.5. The molecule has 1 aliphatic heterocycles. The first-order valence-electron chi connectivity index (χ1n) is 6.85. The zero-order chi connectivity index (χ0) is 16.4. The van der Waals surface area contributed by atoms with Gasteiger partial charge in [0, 0.05) is 17.4 Å². The van der Waals surface area contributed by atoms with E-state index in [-0.39, 0.29) is 23.7 Å². The normalized spacial score (nSPS) is 16.3. The molecule has 1 unspecified atom stereocenters. The van der Waals surface area contributed by atoms with Gasteiger partial charge in [-0.25, -0.2) is 4.98 Å². The number of fused-ring (bicyclic) bond motifs is 1. The van der Waals surface area contributed by atoms with Crippen LogP contribution in [0.1, 0.15) is 23.5 Å². The third-order valence-corrected chi connectivity index (χ3v) is 4.62. The minimum atomic E-state index is -0.421. The van der Waals surface area contributed by atoms with Crippen molar-refractivity contribution in [2.45, 2.75) is 17.5 Å². The summed E-state index contributed by atoms with van der Waals surface area (Å²) < 4.78 is 0. The first-order chi connectivity index (χ1) is 11.1. The number of aromatic amines is 1. The minimum Gasteiger partial charge on any atom is -0.310 e. The van der Waals surface area contributed by atoms with Gasteiger partial charge in [-0.05, 0) is 11.6 Å². The number of terminal acetylenes is 1. The highest BCUT2D eigenvalue weighted by atomic mass is 35.5. The van der Waals surface area contributed by atoms with Crippen LogP contribution in [-0.2, 0) is 4.79 Å². The molecule has 0 saturated carbocycles. The van der Waals surface area contributed by atoms with Crippen molar-refractivity contribution in [1.29, 1.82) is 0 Å². The van der Waals surface area contributed by atoms with Crippen LogP contribution in [0.4, 0.5) is 5.82 Å². The van der Waals surface area contributed by atoms with Crippen molar-refractivity contribution < 1.29 is 4.79 Å². The van der Waals surface area contributed by atoms with Crippen molar-refractivity contribution in [1.82, 2.24) is 9.97 Å². The van der Waals surface area contributed by atoms with E-state index in [0.717, 1.165) is 5.56 Å². The van der Waals surface area contributed by atoms with Crippen LogP contribution < -0.4 is 10.9 Å². The van der Waals surface area contributed by atoms with E-state index in [4.69, 9.17) is 18.0 Å². The Kier molecular flexibility index (Phi) is 4.42. The molecule has 0 saturated heterocycles. The Morgan fingerprint density at radius 3 is 2.91 bits per heavy atom. The Labute approximate surface area is 141 Å². The number of benzene rings is 1. The SMILES string of the molecule is C#CCSc1nc2c(c(=O)[nH]1)C(c1ccccc1Cl)CC(=O)N2. The first kappa shape index (κ1) is 15.7. The summed E-state index contributed by atoms with van der Waals surface area (Å²) in [4.78, 5) is 31.5. The largest absolute Gasteiger partial charge is 0.310 e. The molecule has 1 atom stereocenters. The van der Waals surface area contributed by atoms with Gasteiger partial charge in [-0.15, -0.1) is 6.42 Å². The summed E-state index contributed by atoms with van der Waals surface area (Å²) in [6.07, 6.45) is 5.37. The lowest BCUT2D eigenvalue weighted by Crippen LogP contribution is -2.31. The Morgan fingerprint density at radius 2 is 2.17 bits per heavy atom. The maximum Gasteiger partial charge on any atom is 0.257 e. The highest BCUT2D eigenvalue weighted by molar-refractivity contribution is 7.99. The number of H-pyrrole nitrogens is 1. The number of carbonyl (C=O) groups is 1. The van der Waals surface area contributed by atoms with Crippen LogP contribution >= 0.6 is 23.4 Å². The predicted molar refractivity (Wildman–Crippen MR) is 91.0 cm³/mol. The fraction of sp³-hybridized carbons (Fsp3) is 0.188. The molecule has 2 N–H and O–H groups in total. The van der Waals surface area contributed by atoms with Gasteiger partial charge < -0.3 is 10.3 Å². The number of nitrogens with one attached hydrogen (secondary N) is 2. The van der Waals surface area contributed by atoms with Crippen molar-refractivity contribution in [3.8, 4) is 12.3 Å². The number of rotatable bonds is 3. The standard InChI is InChI=1S/C16H12ClN3O2S/c1-2-7-23-16-19-14-13(15(22)20-16)10(8-12(21)18-14)9-5-3-4-6-11(9)17/h1,3-6,10H,7-8H2,(H2,18,19,20,21,22). The molecule has 3 rings (SSSR count). The molecule has 0 fully saturated rings. The van der Waals surface area contributed by atoms with E-state index in [0.29, 0.717) is 21.5 Å². The lowest BCUT2D eigenvalue weighted by Gasteiger charge is -2.25. The van der Waals surface area contributed by atoms with E-state index in [9.17, 15) is 9.59 Å². The van der Waals surface area contributed by atoms with Crippen LogP contribution in [0.5, 0.6) is 0 Å². The van der Waals surface area contributed by atoms with Gasteiger partial charge in [-0.2, -0.15) is 0 Å². The molecular formula is C16H12ClN3O2S. The van der Waals surface area contributed by atoms with E-state index < -0.39 is 5.92 Å². The molecule has 7 heteroatoms. The lowest BCUT2D eigenvalue weighted by atomic mass is 9.87. The van der Waals surface area contributed by atoms with E-state index >= 15 is 0 Å². The monoisotopic (exact) mass is 345 g/mol. The van der Waals surface area contributed by atoms with Crippen LogP contribution in [0.2, 0.25) is 5.02 Å². The molecule has 0 spiro atoms. The van der Waals surface area contributed by atoms with Gasteiger partial charge in [0.1, 0.15) is 5.82 Å². The summed E-state index contributed by atoms with van der Waals surface area (Å²) in [5.74, 6) is 2.49. The number of hydrogen-bond donors (Lipinski definition) is 2. The van der Waals surface area contributed by atoms with Gasteiger partial charge in [0.05, 0.1) is 11.3 Å². The number of halogens is 1. The molecule has 1 aromatic carbocycles. The Bertz CT molecular complexity index is 872. The average Bonchev–Trinajstić information content (AvgIpc) is 2.52. The average molecular weight is 346 g/mol. The molecule has 1 aliphatic rings. The quantitative estimate of drug-likeness (QED) is 0.509. The van der Waals surface area contributed by atoms with Crippen molar-refractivity contribution in [2.24, 2.45) is 0 Å². The van der Waals surface area contributed by atoms with Crippen LogP contribution in [0.3, 0.4) is 0 Å². The molecule has 116 valence electrons. The predicted octanol–water partition coefficient (Wildman–Crippen LogP) is 2.62. The van der Waals surface area contributed by atoms with Crippen LogP contribution in [0, 0.1) is 12.3 Å². The molecule has 2 heterocycles. The summed E-state index contributed by atoms with van der Waals surface area (Å²) in [7, 11) is 0. The van der Waals surface area contributed by atoms with Crippen LogP contribution in [0.25, 0.3) is 0 Å². The highest BCUT2D eigenvalue weighted by Crippen LogP contribution is 2.37. The number of hydrogen-bond acceptors (Lipinski definition) is 4. The van der Waals surface area contributed by atoms with Gasteiger partial charge in [0.15, 0.2) is 5.16 Å². The van der Waals surface area contributed by atoms with E-state index in [1.807, 2.05) is 12.1 Å². The number of anilines is 1. The van der Waals surface area contributed by atoms with Crippen LogP contribution in [-0.4, -0.2) is 21.6 Å².